The lowest BCUT2D eigenvalue weighted by Gasteiger charge is -2.36. The average molecular weight is 339 g/mol. The molecule has 3 heterocycles. The zero-order valence-electron chi connectivity index (χ0n) is 15.2. The Balaban J connectivity index is 1.43. The van der Waals surface area contributed by atoms with Gasteiger partial charge in [-0.1, -0.05) is 0 Å². The lowest BCUT2D eigenvalue weighted by molar-refractivity contribution is 0.635. The van der Waals surface area contributed by atoms with Crippen molar-refractivity contribution in [2.75, 3.05) is 55.0 Å². The van der Waals surface area contributed by atoms with Crippen LogP contribution in [0.3, 0.4) is 0 Å². The van der Waals surface area contributed by atoms with Crippen LogP contribution in [0.25, 0.3) is 0 Å². The Morgan fingerprint density at radius 2 is 1.60 bits per heavy atom. The van der Waals surface area contributed by atoms with Crippen molar-refractivity contribution in [2.24, 2.45) is 0 Å². The Morgan fingerprint density at radius 1 is 0.920 bits per heavy atom. The Bertz CT molecular complexity index is 732. The number of nitrogens with zero attached hydrogens (tertiary/aromatic N) is 7. The van der Waals surface area contributed by atoms with Crippen LogP contribution in [0.4, 0.5) is 17.5 Å². The molecular formula is C18H25N7. The van der Waals surface area contributed by atoms with Gasteiger partial charge in [-0.2, -0.15) is 0 Å². The smallest absolute Gasteiger partial charge is 0.151 e. The molecule has 25 heavy (non-hydrogen) atoms. The minimum absolute atomic E-state index is 0.588. The zero-order chi connectivity index (χ0) is 17.4. The zero-order valence-corrected chi connectivity index (χ0v) is 15.2. The van der Waals surface area contributed by atoms with E-state index in [1.807, 2.05) is 25.1 Å². The topological polar surface area (TPSA) is 61.3 Å². The second-order valence-corrected chi connectivity index (χ2v) is 7.12. The maximum atomic E-state index is 4.81. The van der Waals surface area contributed by atoms with Crippen LogP contribution in [0.15, 0.2) is 18.2 Å². The van der Waals surface area contributed by atoms with Crippen LogP contribution in [-0.2, 0) is 0 Å². The van der Waals surface area contributed by atoms with Crippen molar-refractivity contribution >= 4 is 17.5 Å². The monoisotopic (exact) mass is 339 g/mol. The molecule has 7 heteroatoms. The molecule has 0 atom stereocenters. The van der Waals surface area contributed by atoms with Gasteiger partial charge in [-0.25, -0.2) is 9.97 Å². The minimum atomic E-state index is 0.588. The first-order chi connectivity index (χ1) is 12.1. The molecule has 4 rings (SSSR count). The van der Waals surface area contributed by atoms with Crippen LogP contribution < -0.4 is 14.7 Å². The molecule has 0 unspecified atom stereocenters. The minimum Gasteiger partial charge on any atom is -0.361 e. The molecule has 0 spiro atoms. The number of hydrogen-bond acceptors (Lipinski definition) is 7. The highest BCUT2D eigenvalue weighted by molar-refractivity contribution is 5.47. The molecule has 1 saturated carbocycles. The highest BCUT2D eigenvalue weighted by Gasteiger charge is 2.28. The Morgan fingerprint density at radius 3 is 2.16 bits per heavy atom. The fourth-order valence-corrected chi connectivity index (χ4v) is 3.15. The molecule has 7 nitrogen and oxygen atoms in total. The normalized spacial score (nSPS) is 17.7. The summed E-state index contributed by atoms with van der Waals surface area (Å²) in [7, 11) is 3.95. The number of aryl methyl sites for hydroxylation is 1. The van der Waals surface area contributed by atoms with Gasteiger partial charge < -0.3 is 14.7 Å². The fraction of sp³-hybridized carbons (Fsp3) is 0.556. The van der Waals surface area contributed by atoms with Crippen LogP contribution in [-0.4, -0.2) is 60.4 Å². The van der Waals surface area contributed by atoms with Gasteiger partial charge in [0.1, 0.15) is 11.6 Å². The number of anilines is 3. The molecule has 1 aliphatic carbocycles. The van der Waals surface area contributed by atoms with E-state index < -0.39 is 0 Å². The first-order valence-electron chi connectivity index (χ1n) is 8.97. The van der Waals surface area contributed by atoms with E-state index in [0.29, 0.717) is 5.92 Å². The van der Waals surface area contributed by atoms with Gasteiger partial charge >= 0.3 is 0 Å². The van der Waals surface area contributed by atoms with Gasteiger partial charge in [-0.15, -0.1) is 10.2 Å². The average Bonchev–Trinajstić information content (AvgIpc) is 3.47. The molecule has 0 N–H and O–H groups in total. The van der Waals surface area contributed by atoms with Crippen LogP contribution in [0.5, 0.6) is 0 Å². The fourth-order valence-electron chi connectivity index (χ4n) is 3.15. The first-order valence-corrected chi connectivity index (χ1v) is 8.97. The van der Waals surface area contributed by atoms with E-state index in [4.69, 9.17) is 4.98 Å². The summed E-state index contributed by atoms with van der Waals surface area (Å²) in [5.74, 6) is 4.52. The summed E-state index contributed by atoms with van der Waals surface area (Å²) >= 11 is 0. The molecule has 132 valence electrons. The van der Waals surface area contributed by atoms with Crippen molar-refractivity contribution in [1.29, 1.82) is 0 Å². The predicted octanol–water partition coefficient (Wildman–Crippen LogP) is 1.85. The maximum absolute atomic E-state index is 4.81. The number of piperazine rings is 1. The molecule has 1 aliphatic heterocycles. The van der Waals surface area contributed by atoms with Gasteiger partial charge in [0.2, 0.25) is 0 Å². The van der Waals surface area contributed by atoms with E-state index >= 15 is 0 Å². The van der Waals surface area contributed by atoms with Crippen LogP contribution >= 0.6 is 0 Å². The molecule has 0 radical (unpaired) electrons. The molecule has 2 aromatic heterocycles. The quantitative estimate of drug-likeness (QED) is 0.842. The third-order valence-electron chi connectivity index (χ3n) is 4.82. The second kappa shape index (κ2) is 6.46. The third kappa shape index (κ3) is 3.50. The third-order valence-corrected chi connectivity index (χ3v) is 4.82. The molecule has 2 aliphatic rings. The molecule has 0 bridgehead atoms. The van der Waals surface area contributed by atoms with Gasteiger partial charge in [0.05, 0.1) is 0 Å². The number of aromatic nitrogens is 4. The Kier molecular flexibility index (Phi) is 4.15. The van der Waals surface area contributed by atoms with E-state index in [9.17, 15) is 0 Å². The molecular weight excluding hydrogens is 314 g/mol. The van der Waals surface area contributed by atoms with Gasteiger partial charge in [-0.05, 0) is 31.9 Å². The predicted molar refractivity (Wildman–Crippen MR) is 99.5 cm³/mol. The van der Waals surface area contributed by atoms with E-state index in [1.165, 1.54) is 12.8 Å². The molecule has 1 saturated heterocycles. The van der Waals surface area contributed by atoms with Gasteiger partial charge in [0.25, 0.3) is 0 Å². The summed E-state index contributed by atoms with van der Waals surface area (Å²) in [5, 5.41) is 8.65. The van der Waals surface area contributed by atoms with Crippen molar-refractivity contribution in [1.82, 2.24) is 20.2 Å². The summed E-state index contributed by atoms with van der Waals surface area (Å²) in [4.78, 5) is 16.0. The summed E-state index contributed by atoms with van der Waals surface area (Å²) in [6.45, 7) is 5.81. The summed E-state index contributed by atoms with van der Waals surface area (Å²) in [6.07, 6.45) is 2.47. The van der Waals surface area contributed by atoms with Crippen molar-refractivity contribution in [3.63, 3.8) is 0 Å². The number of hydrogen-bond donors (Lipinski definition) is 0. The highest BCUT2D eigenvalue weighted by Crippen LogP contribution is 2.38. The van der Waals surface area contributed by atoms with Gasteiger partial charge in [0, 0.05) is 58.0 Å². The summed E-state index contributed by atoms with van der Waals surface area (Å²) < 4.78 is 0. The molecule has 0 amide bonds. The van der Waals surface area contributed by atoms with Gasteiger partial charge in [-0.3, -0.25) is 0 Å². The van der Waals surface area contributed by atoms with Crippen LogP contribution in [0, 0.1) is 6.92 Å². The van der Waals surface area contributed by atoms with E-state index in [-0.39, 0.29) is 0 Å². The largest absolute Gasteiger partial charge is 0.361 e. The lowest BCUT2D eigenvalue weighted by Crippen LogP contribution is -2.47. The van der Waals surface area contributed by atoms with E-state index in [2.05, 4.69) is 44.0 Å². The van der Waals surface area contributed by atoms with E-state index in [0.717, 1.165) is 55.2 Å². The maximum Gasteiger partial charge on any atom is 0.151 e. The highest BCUT2D eigenvalue weighted by atomic mass is 15.3. The SMILES string of the molecule is Cc1cc(N2CCN(c3ccc(N(C)C)nn3)CC2)nc(C2CC2)n1. The molecule has 2 fully saturated rings. The lowest BCUT2D eigenvalue weighted by atomic mass is 10.2. The summed E-state index contributed by atoms with van der Waals surface area (Å²) in [6, 6.07) is 6.18. The van der Waals surface area contributed by atoms with Crippen LogP contribution in [0.2, 0.25) is 0 Å². The first kappa shape index (κ1) is 16.1. The number of rotatable bonds is 4. The van der Waals surface area contributed by atoms with E-state index in [1.54, 1.807) is 0 Å². The van der Waals surface area contributed by atoms with Crippen molar-refractivity contribution in [3.05, 3.63) is 29.7 Å². The Labute approximate surface area is 148 Å². The second-order valence-electron chi connectivity index (χ2n) is 7.12. The molecule has 2 aromatic rings. The van der Waals surface area contributed by atoms with Gasteiger partial charge in [0.15, 0.2) is 11.6 Å². The molecule has 0 aromatic carbocycles. The standard InChI is InChI=1S/C18H25N7/c1-13-12-17(20-18(19-13)14-4-5-14)25-10-8-24(9-11-25)16-7-6-15(21-22-16)23(2)3/h6-7,12,14H,4-5,8-11H2,1-3H3. The van der Waals surface area contributed by atoms with Crippen molar-refractivity contribution in [2.45, 2.75) is 25.7 Å². The van der Waals surface area contributed by atoms with Crippen molar-refractivity contribution in [3.8, 4) is 0 Å². The Hall–Kier alpha value is -2.44. The summed E-state index contributed by atoms with van der Waals surface area (Å²) in [5.41, 5.74) is 1.07. The van der Waals surface area contributed by atoms with Crippen LogP contribution in [0.1, 0.15) is 30.3 Å². The van der Waals surface area contributed by atoms with Crippen molar-refractivity contribution < 1.29 is 0 Å².